The van der Waals surface area contributed by atoms with E-state index >= 15 is 0 Å². The van der Waals surface area contributed by atoms with Crippen molar-refractivity contribution >= 4 is 40.6 Å². The van der Waals surface area contributed by atoms with E-state index in [4.69, 9.17) is 0 Å². The number of nitrogens with zero attached hydrogens (tertiary/aromatic N) is 2. The van der Waals surface area contributed by atoms with E-state index in [1.807, 2.05) is 24.3 Å². The van der Waals surface area contributed by atoms with Crippen molar-refractivity contribution < 1.29 is 9.59 Å². The lowest BCUT2D eigenvalue weighted by Gasteiger charge is -2.38. The number of hydrogen-bond donors (Lipinski definition) is 2. The van der Waals surface area contributed by atoms with Gasteiger partial charge < -0.3 is 10.6 Å². The van der Waals surface area contributed by atoms with Crippen molar-refractivity contribution in [1.82, 2.24) is 15.5 Å². The third kappa shape index (κ3) is 3.23. The smallest absolute Gasteiger partial charge is 0.240 e. The van der Waals surface area contributed by atoms with Gasteiger partial charge in [0.05, 0.1) is 0 Å². The van der Waals surface area contributed by atoms with E-state index in [1.165, 1.54) is 23.1 Å². The first-order valence-electron chi connectivity index (χ1n) is 7.22. The average Bonchev–Trinajstić information content (AvgIpc) is 3.01. The normalized spacial score (nSPS) is 15.5. The molecule has 120 valence electrons. The predicted molar refractivity (Wildman–Crippen MR) is 89.5 cm³/mol. The third-order valence-corrected chi connectivity index (χ3v) is 5.75. The monoisotopic (exact) mass is 348 g/mol. The molecular weight excluding hydrogens is 332 g/mol. The number of carbonyl (C=O) groups is 2. The summed E-state index contributed by atoms with van der Waals surface area (Å²) in [6, 6.07) is 7.49. The second-order valence-electron chi connectivity index (χ2n) is 5.30. The van der Waals surface area contributed by atoms with Gasteiger partial charge in [0.2, 0.25) is 11.8 Å². The molecule has 0 bridgehead atoms. The van der Waals surface area contributed by atoms with Crippen LogP contribution in [0.1, 0.15) is 19.3 Å². The van der Waals surface area contributed by atoms with Crippen LogP contribution < -0.4 is 10.6 Å². The van der Waals surface area contributed by atoms with E-state index < -0.39 is 5.41 Å². The highest BCUT2D eigenvalue weighted by Crippen LogP contribution is 2.42. The standard InChI is InChI=1S/C15H16N4O2S2/c1-16-12(20)15(7-2-8-15)13(21)18-10-3-5-11(6-4-10)23-14-19-17-9-22-14/h3-6,9H,2,7-8H2,1H3,(H,16,20)(H,18,21). The van der Waals surface area contributed by atoms with Gasteiger partial charge in [-0.2, -0.15) is 0 Å². The van der Waals surface area contributed by atoms with Crippen LogP contribution in [0.25, 0.3) is 0 Å². The third-order valence-electron chi connectivity index (χ3n) is 3.96. The van der Waals surface area contributed by atoms with Crippen LogP contribution >= 0.6 is 23.1 Å². The number of nitrogens with one attached hydrogen (secondary N) is 2. The molecule has 1 heterocycles. The van der Waals surface area contributed by atoms with Crippen LogP contribution in [0.5, 0.6) is 0 Å². The zero-order valence-electron chi connectivity index (χ0n) is 12.5. The van der Waals surface area contributed by atoms with Crippen molar-refractivity contribution in [2.24, 2.45) is 5.41 Å². The van der Waals surface area contributed by atoms with Crippen LogP contribution in [0.15, 0.2) is 39.0 Å². The van der Waals surface area contributed by atoms with Gasteiger partial charge in [-0.3, -0.25) is 9.59 Å². The molecule has 0 radical (unpaired) electrons. The summed E-state index contributed by atoms with van der Waals surface area (Å²) in [4.78, 5) is 25.5. The molecule has 3 rings (SSSR count). The summed E-state index contributed by atoms with van der Waals surface area (Å²) in [7, 11) is 1.56. The molecule has 0 atom stereocenters. The lowest BCUT2D eigenvalue weighted by molar-refractivity contribution is -0.146. The van der Waals surface area contributed by atoms with Gasteiger partial charge in [-0.15, -0.1) is 10.2 Å². The molecule has 0 saturated heterocycles. The molecule has 1 aromatic carbocycles. The summed E-state index contributed by atoms with van der Waals surface area (Å²) in [5.74, 6) is -0.433. The average molecular weight is 348 g/mol. The molecule has 1 aliphatic carbocycles. The lowest BCUT2D eigenvalue weighted by atomic mass is 9.67. The highest BCUT2D eigenvalue weighted by atomic mass is 32.2. The molecule has 1 aliphatic rings. The highest BCUT2D eigenvalue weighted by Gasteiger charge is 2.50. The largest absolute Gasteiger partial charge is 0.358 e. The molecule has 1 fully saturated rings. The fourth-order valence-electron chi connectivity index (χ4n) is 2.49. The number of amides is 2. The predicted octanol–water partition coefficient (Wildman–Crippen LogP) is 2.54. The Labute approximate surface area is 142 Å². The fraction of sp³-hybridized carbons (Fsp3) is 0.333. The molecule has 0 unspecified atom stereocenters. The van der Waals surface area contributed by atoms with Gasteiger partial charge in [0.15, 0.2) is 4.34 Å². The number of carbonyl (C=O) groups excluding carboxylic acids is 2. The van der Waals surface area contributed by atoms with Crippen LogP contribution in [0.4, 0.5) is 5.69 Å². The van der Waals surface area contributed by atoms with Crippen molar-refractivity contribution in [3.05, 3.63) is 29.8 Å². The van der Waals surface area contributed by atoms with Gasteiger partial charge >= 0.3 is 0 Å². The van der Waals surface area contributed by atoms with Crippen molar-refractivity contribution in [2.45, 2.75) is 28.5 Å². The number of aromatic nitrogens is 2. The molecule has 2 N–H and O–H groups in total. The zero-order chi connectivity index (χ0) is 16.3. The quantitative estimate of drug-likeness (QED) is 0.811. The Bertz CT molecular complexity index is 697. The molecule has 0 aliphatic heterocycles. The molecule has 1 aromatic heterocycles. The van der Waals surface area contributed by atoms with E-state index in [2.05, 4.69) is 20.8 Å². The minimum atomic E-state index is -0.908. The Kier molecular flexibility index (Phi) is 4.63. The zero-order valence-corrected chi connectivity index (χ0v) is 14.2. The first kappa shape index (κ1) is 15.9. The maximum Gasteiger partial charge on any atom is 0.240 e. The molecule has 2 aromatic rings. The van der Waals surface area contributed by atoms with Gasteiger partial charge in [-0.25, -0.2) is 0 Å². The maximum atomic E-state index is 12.5. The van der Waals surface area contributed by atoms with Crippen LogP contribution in [0, 0.1) is 5.41 Å². The highest BCUT2D eigenvalue weighted by molar-refractivity contribution is 8.01. The molecule has 23 heavy (non-hydrogen) atoms. The number of hydrogen-bond acceptors (Lipinski definition) is 6. The number of benzene rings is 1. The van der Waals surface area contributed by atoms with Gasteiger partial charge in [0.1, 0.15) is 10.9 Å². The van der Waals surface area contributed by atoms with Gasteiger partial charge in [-0.05, 0) is 37.1 Å². The van der Waals surface area contributed by atoms with E-state index in [1.54, 1.807) is 12.6 Å². The summed E-state index contributed by atoms with van der Waals surface area (Å²) in [6.07, 6.45) is 2.10. The van der Waals surface area contributed by atoms with Crippen molar-refractivity contribution in [3.8, 4) is 0 Å². The Morgan fingerprint density at radius 3 is 2.48 bits per heavy atom. The van der Waals surface area contributed by atoms with E-state index in [9.17, 15) is 9.59 Å². The Hall–Kier alpha value is -1.93. The van der Waals surface area contributed by atoms with Gasteiger partial charge in [0, 0.05) is 17.6 Å². The fourth-order valence-corrected chi connectivity index (χ4v) is 3.94. The molecule has 2 amide bonds. The number of rotatable bonds is 5. The second kappa shape index (κ2) is 6.67. The lowest BCUT2D eigenvalue weighted by Crippen LogP contribution is -2.52. The Balaban J connectivity index is 1.66. The van der Waals surface area contributed by atoms with Crippen molar-refractivity contribution in [2.75, 3.05) is 12.4 Å². The molecule has 8 heteroatoms. The number of anilines is 1. The molecule has 0 spiro atoms. The molecule has 6 nitrogen and oxygen atoms in total. The van der Waals surface area contributed by atoms with E-state index in [0.29, 0.717) is 18.5 Å². The Morgan fingerprint density at radius 2 is 1.96 bits per heavy atom. The summed E-state index contributed by atoms with van der Waals surface area (Å²) in [5.41, 5.74) is 1.47. The van der Waals surface area contributed by atoms with Gasteiger partial charge in [-0.1, -0.05) is 29.5 Å². The summed E-state index contributed by atoms with van der Waals surface area (Å²) in [5, 5.41) is 13.2. The Morgan fingerprint density at radius 1 is 1.22 bits per heavy atom. The van der Waals surface area contributed by atoms with Crippen LogP contribution in [0.3, 0.4) is 0 Å². The topological polar surface area (TPSA) is 84.0 Å². The molecule has 1 saturated carbocycles. The van der Waals surface area contributed by atoms with Crippen molar-refractivity contribution in [1.29, 1.82) is 0 Å². The van der Waals surface area contributed by atoms with E-state index in [0.717, 1.165) is 15.7 Å². The first-order chi connectivity index (χ1) is 11.1. The maximum absolute atomic E-state index is 12.5. The minimum absolute atomic E-state index is 0.204. The minimum Gasteiger partial charge on any atom is -0.358 e. The van der Waals surface area contributed by atoms with Crippen molar-refractivity contribution in [3.63, 3.8) is 0 Å². The van der Waals surface area contributed by atoms with Crippen LogP contribution in [-0.4, -0.2) is 29.1 Å². The summed E-state index contributed by atoms with van der Waals surface area (Å²) >= 11 is 3.00. The van der Waals surface area contributed by atoms with Gasteiger partial charge in [0.25, 0.3) is 0 Å². The first-order valence-corrected chi connectivity index (χ1v) is 8.91. The SMILES string of the molecule is CNC(=O)C1(C(=O)Nc2ccc(Sc3nncs3)cc2)CCC1. The summed E-state index contributed by atoms with van der Waals surface area (Å²) < 4.78 is 0.870. The summed E-state index contributed by atoms with van der Waals surface area (Å²) in [6.45, 7) is 0. The van der Waals surface area contributed by atoms with E-state index in [-0.39, 0.29) is 11.8 Å². The van der Waals surface area contributed by atoms with Crippen LogP contribution in [-0.2, 0) is 9.59 Å². The second-order valence-corrected chi connectivity index (χ2v) is 7.45. The van der Waals surface area contributed by atoms with Crippen LogP contribution in [0.2, 0.25) is 0 Å². The molecular formula is C15H16N4O2S2.